The molecule has 4 aliphatic rings. The predicted octanol–water partition coefficient (Wildman–Crippen LogP) is 4.50. The number of hydrogen-bond acceptors (Lipinski definition) is 3. The fourth-order valence-corrected chi connectivity index (χ4v) is 5.35. The van der Waals surface area contributed by atoms with Gasteiger partial charge in [-0.1, -0.05) is 6.07 Å². The molecule has 4 saturated carbocycles. The van der Waals surface area contributed by atoms with Gasteiger partial charge in [0.25, 0.3) is 0 Å². The third kappa shape index (κ3) is 3.25. The quantitative estimate of drug-likeness (QED) is 0.802. The molecule has 0 saturated heterocycles. The van der Waals surface area contributed by atoms with Gasteiger partial charge in [-0.3, -0.25) is 0 Å². The molecule has 4 fully saturated rings. The van der Waals surface area contributed by atoms with Crippen molar-refractivity contribution in [1.29, 1.82) is 0 Å². The summed E-state index contributed by atoms with van der Waals surface area (Å²) in [6.07, 6.45) is 3.20. The monoisotopic (exact) mass is 340 g/mol. The Bertz CT molecular complexity index is 567. The molecule has 4 bridgehead atoms. The maximum Gasteiger partial charge on any atom is 0.433 e. The van der Waals surface area contributed by atoms with Crippen molar-refractivity contribution in [2.75, 3.05) is 18.5 Å². The maximum atomic E-state index is 12.7. The topological polar surface area (TPSA) is 34.1 Å². The van der Waals surface area contributed by atoms with Gasteiger partial charge < -0.3 is 10.1 Å². The normalized spacial score (nSPS) is 34.5. The van der Waals surface area contributed by atoms with E-state index in [1.54, 1.807) is 6.07 Å². The van der Waals surface area contributed by atoms with Gasteiger partial charge in [-0.05, 0) is 68.4 Å². The standard InChI is InChI=1S/C18H23F3N2O/c19-18(20,21)15-2-1-3-16(23-15)22-4-5-24-17-9-12-6-13(10-17)8-14(7-12)11-17/h1-3,12-14H,4-11H2,(H,22,23). The molecule has 3 nitrogen and oxygen atoms in total. The van der Waals surface area contributed by atoms with E-state index in [0.29, 0.717) is 13.2 Å². The van der Waals surface area contributed by atoms with Crippen molar-refractivity contribution in [3.8, 4) is 0 Å². The number of hydrogen-bond donors (Lipinski definition) is 1. The van der Waals surface area contributed by atoms with Crippen LogP contribution in [0.15, 0.2) is 18.2 Å². The predicted molar refractivity (Wildman–Crippen MR) is 84.6 cm³/mol. The number of rotatable bonds is 5. The summed E-state index contributed by atoms with van der Waals surface area (Å²) >= 11 is 0. The van der Waals surface area contributed by atoms with Gasteiger partial charge in [0.1, 0.15) is 11.5 Å². The van der Waals surface area contributed by atoms with E-state index in [0.717, 1.165) is 23.8 Å². The van der Waals surface area contributed by atoms with Crippen LogP contribution < -0.4 is 5.32 Å². The highest BCUT2D eigenvalue weighted by atomic mass is 19.4. The Kier molecular flexibility index (Phi) is 3.98. The van der Waals surface area contributed by atoms with Crippen molar-refractivity contribution in [2.45, 2.75) is 50.3 Å². The van der Waals surface area contributed by atoms with E-state index in [-0.39, 0.29) is 11.4 Å². The molecule has 5 rings (SSSR count). The molecule has 0 atom stereocenters. The van der Waals surface area contributed by atoms with Gasteiger partial charge in [-0.25, -0.2) is 4.98 Å². The summed E-state index contributed by atoms with van der Waals surface area (Å²) in [4.78, 5) is 3.62. The SMILES string of the molecule is FC(F)(F)c1cccc(NCCOC23CC4CC(CC(C4)C2)C3)n1. The van der Waals surface area contributed by atoms with Crippen LogP contribution in [0.4, 0.5) is 19.0 Å². The highest BCUT2D eigenvalue weighted by Crippen LogP contribution is 2.57. The number of anilines is 1. The van der Waals surface area contributed by atoms with Gasteiger partial charge in [0.05, 0.1) is 12.2 Å². The average Bonchev–Trinajstić information content (AvgIpc) is 2.50. The molecule has 1 aromatic rings. The molecule has 1 heterocycles. The zero-order chi connectivity index (χ0) is 16.8. The fourth-order valence-electron chi connectivity index (χ4n) is 5.35. The molecule has 1 N–H and O–H groups in total. The first-order valence-electron chi connectivity index (χ1n) is 8.84. The Labute approximate surface area is 140 Å². The van der Waals surface area contributed by atoms with Crippen molar-refractivity contribution >= 4 is 5.82 Å². The van der Waals surface area contributed by atoms with Crippen molar-refractivity contribution in [2.24, 2.45) is 17.8 Å². The van der Waals surface area contributed by atoms with Crippen LogP contribution in [0.5, 0.6) is 0 Å². The van der Waals surface area contributed by atoms with E-state index in [1.807, 2.05) is 0 Å². The van der Waals surface area contributed by atoms with Crippen LogP contribution >= 0.6 is 0 Å². The summed E-state index contributed by atoms with van der Waals surface area (Å²) in [5.41, 5.74) is -0.827. The second-order valence-electron chi connectivity index (χ2n) is 7.78. The maximum absolute atomic E-state index is 12.7. The minimum absolute atomic E-state index is 0.0394. The molecule has 4 aliphatic carbocycles. The smallest absolute Gasteiger partial charge is 0.373 e. The Morgan fingerprint density at radius 1 is 1.08 bits per heavy atom. The van der Waals surface area contributed by atoms with Crippen LogP contribution in [0.3, 0.4) is 0 Å². The largest absolute Gasteiger partial charge is 0.433 e. The Morgan fingerprint density at radius 3 is 2.29 bits per heavy atom. The molecule has 132 valence electrons. The zero-order valence-electron chi connectivity index (χ0n) is 13.6. The van der Waals surface area contributed by atoms with Crippen LogP contribution in [0.2, 0.25) is 0 Å². The number of nitrogens with zero attached hydrogens (tertiary/aromatic N) is 1. The van der Waals surface area contributed by atoms with Crippen LogP contribution in [-0.4, -0.2) is 23.7 Å². The molecule has 0 radical (unpaired) electrons. The molecule has 0 spiro atoms. The van der Waals surface area contributed by atoms with E-state index < -0.39 is 11.9 Å². The number of aromatic nitrogens is 1. The number of ether oxygens (including phenoxy) is 1. The number of pyridine rings is 1. The second kappa shape index (κ2) is 5.90. The first-order chi connectivity index (χ1) is 11.4. The van der Waals surface area contributed by atoms with E-state index in [9.17, 15) is 13.2 Å². The van der Waals surface area contributed by atoms with Crippen molar-refractivity contribution in [3.05, 3.63) is 23.9 Å². The van der Waals surface area contributed by atoms with Gasteiger partial charge >= 0.3 is 6.18 Å². The third-order valence-corrected chi connectivity index (χ3v) is 5.84. The van der Waals surface area contributed by atoms with Crippen LogP contribution in [0, 0.1) is 17.8 Å². The lowest BCUT2D eigenvalue weighted by Gasteiger charge is -2.56. The van der Waals surface area contributed by atoms with Gasteiger partial charge in [0, 0.05) is 6.54 Å². The summed E-state index contributed by atoms with van der Waals surface area (Å²) in [6, 6.07) is 3.91. The summed E-state index contributed by atoms with van der Waals surface area (Å²) in [6.45, 7) is 1.00. The molecule has 0 aromatic carbocycles. The lowest BCUT2D eigenvalue weighted by Crippen LogP contribution is -2.52. The highest BCUT2D eigenvalue weighted by molar-refractivity contribution is 5.35. The van der Waals surface area contributed by atoms with Gasteiger partial charge in [-0.2, -0.15) is 13.2 Å². The van der Waals surface area contributed by atoms with Crippen molar-refractivity contribution in [3.63, 3.8) is 0 Å². The van der Waals surface area contributed by atoms with Gasteiger partial charge in [0.2, 0.25) is 0 Å². The molecule has 24 heavy (non-hydrogen) atoms. The molecule has 0 unspecified atom stereocenters. The Morgan fingerprint density at radius 2 is 1.71 bits per heavy atom. The molecule has 6 heteroatoms. The average molecular weight is 340 g/mol. The van der Waals surface area contributed by atoms with Gasteiger partial charge in [-0.15, -0.1) is 0 Å². The summed E-state index contributed by atoms with van der Waals surface area (Å²) in [5.74, 6) is 2.73. The van der Waals surface area contributed by atoms with Crippen LogP contribution in [0.1, 0.15) is 44.2 Å². The zero-order valence-corrected chi connectivity index (χ0v) is 13.6. The van der Waals surface area contributed by atoms with Crippen molar-refractivity contribution in [1.82, 2.24) is 4.98 Å². The van der Waals surface area contributed by atoms with Gasteiger partial charge in [0.15, 0.2) is 0 Å². The summed E-state index contributed by atoms with van der Waals surface area (Å²) in [5, 5.41) is 2.95. The molecular formula is C18H23F3N2O. The van der Waals surface area contributed by atoms with Crippen LogP contribution in [0.25, 0.3) is 0 Å². The van der Waals surface area contributed by atoms with E-state index in [2.05, 4.69) is 10.3 Å². The summed E-state index contributed by atoms with van der Waals surface area (Å²) in [7, 11) is 0. The van der Waals surface area contributed by atoms with E-state index in [4.69, 9.17) is 4.74 Å². The summed E-state index contributed by atoms with van der Waals surface area (Å²) < 4.78 is 44.2. The van der Waals surface area contributed by atoms with Crippen molar-refractivity contribution < 1.29 is 17.9 Å². The highest BCUT2D eigenvalue weighted by Gasteiger charge is 2.51. The molecule has 0 amide bonds. The Hall–Kier alpha value is -1.30. The molecule has 0 aliphatic heterocycles. The molecule has 1 aromatic heterocycles. The lowest BCUT2D eigenvalue weighted by molar-refractivity contribution is -0.159. The van der Waals surface area contributed by atoms with E-state index in [1.165, 1.54) is 44.6 Å². The first-order valence-corrected chi connectivity index (χ1v) is 8.84. The number of halogens is 3. The minimum Gasteiger partial charge on any atom is -0.373 e. The third-order valence-electron chi connectivity index (χ3n) is 5.84. The minimum atomic E-state index is -4.41. The Balaban J connectivity index is 1.29. The second-order valence-corrected chi connectivity index (χ2v) is 7.78. The molecular weight excluding hydrogens is 317 g/mol. The first kappa shape index (κ1) is 16.2. The fraction of sp³-hybridized carbons (Fsp3) is 0.722. The number of alkyl halides is 3. The number of nitrogens with one attached hydrogen (secondary N) is 1. The van der Waals surface area contributed by atoms with E-state index >= 15 is 0 Å². The van der Waals surface area contributed by atoms with Crippen LogP contribution in [-0.2, 0) is 10.9 Å². The lowest BCUT2D eigenvalue weighted by atomic mass is 9.54.